The van der Waals surface area contributed by atoms with Crippen molar-refractivity contribution in [1.29, 1.82) is 0 Å². The Labute approximate surface area is 146 Å². The van der Waals surface area contributed by atoms with E-state index in [0.717, 1.165) is 5.56 Å². The van der Waals surface area contributed by atoms with E-state index in [4.69, 9.17) is 9.47 Å². The molecule has 1 aromatic carbocycles. The summed E-state index contributed by atoms with van der Waals surface area (Å²) >= 11 is 0. The van der Waals surface area contributed by atoms with Crippen LogP contribution >= 0.6 is 0 Å². The molecule has 0 bridgehead atoms. The molecule has 0 radical (unpaired) electrons. The highest BCUT2D eigenvalue weighted by Crippen LogP contribution is 2.41. The van der Waals surface area contributed by atoms with Crippen molar-refractivity contribution in [2.45, 2.75) is 31.9 Å². The predicted octanol–water partition coefficient (Wildman–Crippen LogP) is 2.43. The van der Waals surface area contributed by atoms with Crippen LogP contribution in [-0.2, 0) is 7.05 Å². The van der Waals surface area contributed by atoms with Crippen LogP contribution in [-0.4, -0.2) is 23.2 Å². The van der Waals surface area contributed by atoms with Gasteiger partial charge in [0.15, 0.2) is 0 Å². The minimum absolute atomic E-state index is 0.152. The monoisotopic (exact) mass is 342 g/mol. The van der Waals surface area contributed by atoms with Gasteiger partial charge in [-0.05, 0) is 32.0 Å². The van der Waals surface area contributed by atoms with E-state index in [9.17, 15) is 9.59 Å². The van der Waals surface area contributed by atoms with Gasteiger partial charge in [0.1, 0.15) is 17.1 Å². The summed E-state index contributed by atoms with van der Waals surface area (Å²) in [5.41, 5.74) is 0.793. The summed E-state index contributed by atoms with van der Waals surface area (Å²) in [5, 5.41) is 3.06. The summed E-state index contributed by atoms with van der Waals surface area (Å²) in [5.74, 6) is 1.20. The number of hydrogen-bond acceptors (Lipinski definition) is 4. The molecule has 1 aliphatic rings. The Morgan fingerprint density at radius 3 is 2.76 bits per heavy atom. The topological polar surface area (TPSA) is 69.6 Å². The highest BCUT2D eigenvalue weighted by molar-refractivity contribution is 5.94. The van der Waals surface area contributed by atoms with E-state index in [-0.39, 0.29) is 17.5 Å². The van der Waals surface area contributed by atoms with E-state index in [2.05, 4.69) is 5.32 Å². The van der Waals surface area contributed by atoms with Crippen LogP contribution in [0.2, 0.25) is 0 Å². The molecule has 1 amide bonds. The number of pyridine rings is 1. The van der Waals surface area contributed by atoms with E-state index >= 15 is 0 Å². The van der Waals surface area contributed by atoms with Crippen LogP contribution in [0.15, 0.2) is 41.3 Å². The predicted molar refractivity (Wildman–Crippen MR) is 94.2 cm³/mol. The molecule has 1 aromatic heterocycles. The second-order valence-corrected chi connectivity index (χ2v) is 6.86. The highest BCUT2D eigenvalue weighted by Gasteiger charge is 2.35. The number of aromatic nitrogens is 1. The Hall–Kier alpha value is -2.76. The molecule has 0 unspecified atom stereocenters. The maximum atomic E-state index is 12.6. The second kappa shape index (κ2) is 6.27. The molecule has 132 valence electrons. The maximum Gasteiger partial charge on any atom is 0.253 e. The van der Waals surface area contributed by atoms with Crippen LogP contribution in [0.25, 0.3) is 0 Å². The number of fused-ring (bicyclic) bond motifs is 1. The third-order valence-electron chi connectivity index (χ3n) is 4.33. The minimum atomic E-state index is -0.416. The summed E-state index contributed by atoms with van der Waals surface area (Å²) in [7, 11) is 3.23. The summed E-state index contributed by atoms with van der Waals surface area (Å²) in [6.45, 7) is 3.97. The Morgan fingerprint density at radius 2 is 2.08 bits per heavy atom. The molecule has 0 aliphatic carbocycles. The molecule has 0 spiro atoms. The van der Waals surface area contributed by atoms with Gasteiger partial charge < -0.3 is 19.4 Å². The van der Waals surface area contributed by atoms with Gasteiger partial charge in [-0.1, -0.05) is 0 Å². The lowest BCUT2D eigenvalue weighted by Crippen LogP contribution is -2.41. The van der Waals surface area contributed by atoms with Crippen LogP contribution in [0.5, 0.6) is 11.5 Å². The lowest BCUT2D eigenvalue weighted by atomic mass is 9.89. The van der Waals surface area contributed by atoms with Gasteiger partial charge in [-0.15, -0.1) is 0 Å². The maximum absolute atomic E-state index is 12.6. The average molecular weight is 342 g/mol. The molecule has 1 N–H and O–H groups in total. The zero-order valence-electron chi connectivity index (χ0n) is 14.8. The number of benzene rings is 1. The Balaban J connectivity index is 1.90. The fourth-order valence-corrected chi connectivity index (χ4v) is 3.06. The molecule has 0 fully saturated rings. The molecule has 1 atom stereocenters. The standard InChI is InChI=1S/C19H22N2O4/c1-19(2)10-15(14-7-6-13(24-4)9-16(14)25-19)20-18(23)12-5-8-17(22)21(3)11-12/h5-9,11,15H,10H2,1-4H3,(H,20,23)/t15-/m0/s1. The van der Waals surface area contributed by atoms with Crippen molar-refractivity contribution >= 4 is 5.91 Å². The molecule has 0 saturated heterocycles. The number of methoxy groups -OCH3 is 1. The number of ether oxygens (including phenoxy) is 2. The summed E-state index contributed by atoms with van der Waals surface area (Å²) in [6.07, 6.45) is 2.18. The van der Waals surface area contributed by atoms with E-state index in [1.54, 1.807) is 14.2 Å². The van der Waals surface area contributed by atoms with Crippen molar-refractivity contribution in [3.8, 4) is 11.5 Å². The largest absolute Gasteiger partial charge is 0.497 e. The molecule has 1 aliphatic heterocycles. The van der Waals surface area contributed by atoms with Gasteiger partial charge in [-0.2, -0.15) is 0 Å². The van der Waals surface area contributed by atoms with Gasteiger partial charge in [-0.25, -0.2) is 0 Å². The number of carbonyl (C=O) groups excluding carboxylic acids is 1. The first-order valence-corrected chi connectivity index (χ1v) is 8.13. The normalized spacial score (nSPS) is 18.0. The quantitative estimate of drug-likeness (QED) is 0.930. The number of nitrogens with one attached hydrogen (secondary N) is 1. The lowest BCUT2D eigenvalue weighted by molar-refractivity contribution is 0.0617. The molecule has 6 heteroatoms. The van der Waals surface area contributed by atoms with E-state index in [1.165, 1.54) is 22.9 Å². The van der Waals surface area contributed by atoms with E-state index in [0.29, 0.717) is 23.5 Å². The molecular weight excluding hydrogens is 320 g/mol. The summed E-state index contributed by atoms with van der Waals surface area (Å²) < 4.78 is 12.7. The second-order valence-electron chi connectivity index (χ2n) is 6.86. The van der Waals surface area contributed by atoms with Crippen molar-refractivity contribution in [2.24, 2.45) is 7.05 Å². The highest BCUT2D eigenvalue weighted by atomic mass is 16.5. The van der Waals surface area contributed by atoms with Crippen LogP contribution in [0.1, 0.15) is 42.2 Å². The first kappa shape index (κ1) is 17.1. The van der Waals surface area contributed by atoms with Gasteiger partial charge in [0.25, 0.3) is 5.91 Å². The Kier molecular flexibility index (Phi) is 4.29. The summed E-state index contributed by atoms with van der Waals surface area (Å²) in [4.78, 5) is 24.1. The molecule has 2 heterocycles. The van der Waals surface area contributed by atoms with Gasteiger partial charge >= 0.3 is 0 Å². The molecular formula is C19H22N2O4. The van der Waals surface area contributed by atoms with Crippen LogP contribution in [0.3, 0.4) is 0 Å². The number of amides is 1. The van der Waals surface area contributed by atoms with Gasteiger partial charge in [0.2, 0.25) is 5.56 Å². The van der Waals surface area contributed by atoms with Crippen LogP contribution < -0.4 is 20.3 Å². The fraction of sp³-hybridized carbons (Fsp3) is 0.368. The molecule has 6 nitrogen and oxygen atoms in total. The van der Waals surface area contributed by atoms with Crippen molar-refractivity contribution in [3.63, 3.8) is 0 Å². The molecule has 2 aromatic rings. The van der Waals surface area contributed by atoms with Gasteiger partial charge in [0, 0.05) is 37.4 Å². The Morgan fingerprint density at radius 1 is 1.32 bits per heavy atom. The smallest absolute Gasteiger partial charge is 0.253 e. The number of rotatable bonds is 3. The molecule has 25 heavy (non-hydrogen) atoms. The third-order valence-corrected chi connectivity index (χ3v) is 4.33. The van der Waals surface area contributed by atoms with Crippen molar-refractivity contribution in [1.82, 2.24) is 9.88 Å². The number of aryl methyl sites for hydroxylation is 1. The fourth-order valence-electron chi connectivity index (χ4n) is 3.06. The molecule has 0 saturated carbocycles. The first-order valence-electron chi connectivity index (χ1n) is 8.13. The number of nitrogens with zero attached hydrogens (tertiary/aromatic N) is 1. The van der Waals surface area contributed by atoms with Crippen molar-refractivity contribution in [2.75, 3.05) is 7.11 Å². The lowest BCUT2D eigenvalue weighted by Gasteiger charge is -2.38. The first-order chi connectivity index (χ1) is 11.8. The van der Waals surface area contributed by atoms with Crippen molar-refractivity contribution in [3.05, 3.63) is 58.0 Å². The minimum Gasteiger partial charge on any atom is -0.497 e. The van der Waals surface area contributed by atoms with E-state index in [1.807, 2.05) is 32.0 Å². The number of hydrogen-bond donors (Lipinski definition) is 1. The Bertz CT molecular complexity index is 870. The SMILES string of the molecule is COc1ccc2c(c1)OC(C)(C)C[C@@H]2NC(=O)c1ccc(=O)n(C)c1. The van der Waals surface area contributed by atoms with E-state index < -0.39 is 5.60 Å². The zero-order chi connectivity index (χ0) is 18.2. The molecule has 3 rings (SSSR count). The van der Waals surface area contributed by atoms with Crippen LogP contribution in [0, 0.1) is 0 Å². The van der Waals surface area contributed by atoms with Crippen molar-refractivity contribution < 1.29 is 14.3 Å². The number of carbonyl (C=O) groups is 1. The van der Waals surface area contributed by atoms with Gasteiger partial charge in [-0.3, -0.25) is 9.59 Å². The summed E-state index contributed by atoms with van der Waals surface area (Å²) in [6, 6.07) is 8.34. The van der Waals surface area contributed by atoms with Gasteiger partial charge in [0.05, 0.1) is 18.7 Å². The van der Waals surface area contributed by atoms with Crippen LogP contribution in [0.4, 0.5) is 0 Å². The third kappa shape index (κ3) is 3.52. The zero-order valence-corrected chi connectivity index (χ0v) is 14.8. The average Bonchev–Trinajstić information content (AvgIpc) is 2.55.